The molecule has 5 heteroatoms. The normalized spacial score (nSPS) is 9.58. The standard InChI is InChI=1S/C7H9BO4/c1-12-7-4-5(9)2-3-6(7)8(10)11/h2-4,9-11H,1H3. The highest BCUT2D eigenvalue weighted by molar-refractivity contribution is 6.59. The largest absolute Gasteiger partial charge is 0.508 e. The zero-order valence-corrected chi connectivity index (χ0v) is 6.56. The summed E-state index contributed by atoms with van der Waals surface area (Å²) in [7, 11) is -0.193. The van der Waals surface area contributed by atoms with E-state index in [2.05, 4.69) is 0 Å². The van der Waals surface area contributed by atoms with Crippen LogP contribution in [0, 0.1) is 0 Å². The smallest absolute Gasteiger partial charge is 0.492 e. The van der Waals surface area contributed by atoms with E-state index in [9.17, 15) is 0 Å². The Morgan fingerprint density at radius 1 is 1.33 bits per heavy atom. The molecule has 1 aromatic rings. The number of hydrogen-bond donors (Lipinski definition) is 3. The van der Waals surface area contributed by atoms with Crippen LogP contribution in [0.25, 0.3) is 0 Å². The lowest BCUT2D eigenvalue weighted by Gasteiger charge is -2.06. The SMILES string of the molecule is COc1cc(O)ccc1B(O)O. The van der Waals surface area contributed by atoms with Crippen LogP contribution in [0.5, 0.6) is 11.5 Å². The Morgan fingerprint density at radius 2 is 2.00 bits per heavy atom. The molecule has 1 rings (SSSR count). The van der Waals surface area contributed by atoms with E-state index < -0.39 is 7.12 Å². The van der Waals surface area contributed by atoms with E-state index in [1.807, 2.05) is 0 Å². The molecule has 4 nitrogen and oxygen atoms in total. The summed E-state index contributed by atoms with van der Waals surface area (Å²) in [6.45, 7) is 0. The van der Waals surface area contributed by atoms with Crippen LogP contribution in [0.1, 0.15) is 0 Å². The lowest BCUT2D eigenvalue weighted by molar-refractivity contribution is 0.399. The summed E-state index contributed by atoms with van der Waals surface area (Å²) < 4.78 is 4.81. The fourth-order valence-electron chi connectivity index (χ4n) is 0.913. The summed E-state index contributed by atoms with van der Waals surface area (Å²) in [5, 5.41) is 26.6. The molecule has 0 heterocycles. The molecular formula is C7H9BO4. The van der Waals surface area contributed by atoms with Crippen molar-refractivity contribution in [2.45, 2.75) is 0 Å². The third kappa shape index (κ3) is 1.69. The zero-order chi connectivity index (χ0) is 9.14. The van der Waals surface area contributed by atoms with Gasteiger partial charge in [-0.2, -0.15) is 0 Å². The van der Waals surface area contributed by atoms with Gasteiger partial charge in [-0.1, -0.05) is 6.07 Å². The molecule has 0 unspecified atom stereocenters. The topological polar surface area (TPSA) is 69.9 Å². The Morgan fingerprint density at radius 3 is 2.50 bits per heavy atom. The second-order valence-electron chi connectivity index (χ2n) is 2.30. The van der Waals surface area contributed by atoms with Crippen LogP contribution in [0.2, 0.25) is 0 Å². The molecule has 0 aliphatic rings. The Kier molecular flexibility index (Phi) is 2.57. The number of hydrogen-bond acceptors (Lipinski definition) is 4. The summed E-state index contributed by atoms with van der Waals surface area (Å²) in [6, 6.07) is 4.06. The minimum atomic E-state index is -1.58. The predicted molar refractivity (Wildman–Crippen MR) is 44.5 cm³/mol. The van der Waals surface area contributed by atoms with Crippen molar-refractivity contribution in [3.63, 3.8) is 0 Å². The van der Waals surface area contributed by atoms with Crippen molar-refractivity contribution in [3.8, 4) is 11.5 Å². The molecule has 0 saturated carbocycles. The first-order valence-corrected chi connectivity index (χ1v) is 3.38. The van der Waals surface area contributed by atoms with Crippen molar-refractivity contribution in [1.82, 2.24) is 0 Å². The van der Waals surface area contributed by atoms with Crippen molar-refractivity contribution >= 4 is 12.6 Å². The van der Waals surface area contributed by atoms with Gasteiger partial charge in [-0.15, -0.1) is 0 Å². The third-order valence-corrected chi connectivity index (χ3v) is 1.50. The van der Waals surface area contributed by atoms with Crippen LogP contribution in [0.15, 0.2) is 18.2 Å². The molecule has 12 heavy (non-hydrogen) atoms. The summed E-state index contributed by atoms with van der Waals surface area (Å²) in [4.78, 5) is 0. The molecular weight excluding hydrogens is 159 g/mol. The maximum absolute atomic E-state index is 9.01. The summed E-state index contributed by atoms with van der Waals surface area (Å²) in [5.74, 6) is 0.279. The van der Waals surface area contributed by atoms with Crippen LogP contribution in [0.3, 0.4) is 0 Å². The number of phenolic OH excluding ortho intramolecular Hbond substituents is 1. The predicted octanol–water partition coefficient (Wildman–Crippen LogP) is -0.919. The molecule has 0 bridgehead atoms. The van der Waals surface area contributed by atoms with Crippen LogP contribution in [0.4, 0.5) is 0 Å². The summed E-state index contributed by atoms with van der Waals surface area (Å²) in [6.07, 6.45) is 0. The number of benzene rings is 1. The minimum absolute atomic E-state index is 0.0243. The first-order chi connectivity index (χ1) is 5.65. The van der Waals surface area contributed by atoms with E-state index in [4.69, 9.17) is 19.9 Å². The highest BCUT2D eigenvalue weighted by Crippen LogP contribution is 2.15. The number of rotatable bonds is 2. The van der Waals surface area contributed by atoms with Crippen LogP contribution in [-0.4, -0.2) is 29.4 Å². The number of methoxy groups -OCH3 is 1. The van der Waals surface area contributed by atoms with E-state index in [1.54, 1.807) is 0 Å². The molecule has 0 aliphatic heterocycles. The quantitative estimate of drug-likeness (QED) is 0.499. The second kappa shape index (κ2) is 3.47. The van der Waals surface area contributed by atoms with E-state index in [-0.39, 0.29) is 17.0 Å². The van der Waals surface area contributed by atoms with Gasteiger partial charge in [0.2, 0.25) is 0 Å². The minimum Gasteiger partial charge on any atom is -0.508 e. The molecule has 0 fully saturated rings. The lowest BCUT2D eigenvalue weighted by atomic mass is 9.79. The fourth-order valence-corrected chi connectivity index (χ4v) is 0.913. The Labute approximate surface area is 70.2 Å². The van der Waals surface area contributed by atoms with Gasteiger partial charge < -0.3 is 19.9 Å². The summed E-state index contributed by atoms with van der Waals surface area (Å²) >= 11 is 0. The molecule has 64 valence electrons. The average molecular weight is 168 g/mol. The van der Waals surface area contributed by atoms with Gasteiger partial charge in [-0.05, 0) is 6.07 Å². The zero-order valence-electron chi connectivity index (χ0n) is 6.56. The highest BCUT2D eigenvalue weighted by atomic mass is 16.5. The van der Waals surface area contributed by atoms with Gasteiger partial charge in [-0.3, -0.25) is 0 Å². The van der Waals surface area contributed by atoms with Gasteiger partial charge >= 0.3 is 7.12 Å². The van der Waals surface area contributed by atoms with Crippen molar-refractivity contribution in [1.29, 1.82) is 0 Å². The molecule has 0 saturated heterocycles. The first kappa shape index (κ1) is 8.90. The number of phenols is 1. The van der Waals surface area contributed by atoms with Crippen LogP contribution < -0.4 is 10.2 Å². The van der Waals surface area contributed by atoms with E-state index in [0.717, 1.165) is 0 Å². The fraction of sp³-hybridized carbons (Fsp3) is 0.143. The molecule has 0 aliphatic carbocycles. The van der Waals surface area contributed by atoms with E-state index >= 15 is 0 Å². The number of ether oxygens (including phenoxy) is 1. The van der Waals surface area contributed by atoms with E-state index in [1.165, 1.54) is 25.3 Å². The van der Waals surface area contributed by atoms with Crippen molar-refractivity contribution in [2.75, 3.05) is 7.11 Å². The third-order valence-electron chi connectivity index (χ3n) is 1.50. The molecule has 0 atom stereocenters. The average Bonchev–Trinajstić information content (AvgIpc) is 2.03. The second-order valence-corrected chi connectivity index (χ2v) is 2.30. The Hall–Kier alpha value is -1.20. The maximum Gasteiger partial charge on any atom is 0.492 e. The van der Waals surface area contributed by atoms with Gasteiger partial charge in [0.15, 0.2) is 0 Å². The van der Waals surface area contributed by atoms with Crippen LogP contribution in [-0.2, 0) is 0 Å². The summed E-state index contributed by atoms with van der Waals surface area (Å²) in [5.41, 5.74) is 0.232. The van der Waals surface area contributed by atoms with Gasteiger partial charge in [0.1, 0.15) is 11.5 Å². The molecule has 1 aromatic carbocycles. The van der Waals surface area contributed by atoms with Crippen molar-refractivity contribution in [3.05, 3.63) is 18.2 Å². The Bertz CT molecular complexity index is 274. The van der Waals surface area contributed by atoms with E-state index in [0.29, 0.717) is 0 Å². The lowest BCUT2D eigenvalue weighted by Crippen LogP contribution is -2.30. The molecule has 0 radical (unpaired) electrons. The molecule has 0 spiro atoms. The maximum atomic E-state index is 9.01. The highest BCUT2D eigenvalue weighted by Gasteiger charge is 2.16. The monoisotopic (exact) mass is 168 g/mol. The van der Waals surface area contributed by atoms with Gasteiger partial charge in [-0.25, -0.2) is 0 Å². The first-order valence-electron chi connectivity index (χ1n) is 3.38. The molecule has 0 aromatic heterocycles. The van der Waals surface area contributed by atoms with Crippen molar-refractivity contribution in [2.24, 2.45) is 0 Å². The van der Waals surface area contributed by atoms with Gasteiger partial charge in [0, 0.05) is 11.5 Å². The van der Waals surface area contributed by atoms with Crippen molar-refractivity contribution < 1.29 is 19.9 Å². The van der Waals surface area contributed by atoms with Crippen LogP contribution >= 0.6 is 0 Å². The molecule has 0 amide bonds. The molecule has 3 N–H and O–H groups in total. The Balaban J connectivity index is 3.11. The van der Waals surface area contributed by atoms with Gasteiger partial charge in [0.05, 0.1) is 7.11 Å². The van der Waals surface area contributed by atoms with Gasteiger partial charge in [0.25, 0.3) is 0 Å². The number of aromatic hydroxyl groups is 1.